The Kier molecular flexibility index (Phi) is 6.94. The van der Waals surface area contributed by atoms with E-state index in [-0.39, 0.29) is 0 Å². The molecule has 0 amide bonds. The van der Waals surface area contributed by atoms with Crippen molar-refractivity contribution in [2.24, 2.45) is 0 Å². The molecule has 1 aliphatic rings. The van der Waals surface area contributed by atoms with Gasteiger partial charge in [-0.3, -0.25) is 4.79 Å². The Balaban J connectivity index is 1.57. The van der Waals surface area contributed by atoms with Crippen LogP contribution in [0.4, 0.5) is 0 Å². The number of carbonyl (C=O) groups is 1. The first kappa shape index (κ1) is 23.3. The number of methoxy groups -OCH3 is 2. The molecule has 9 heteroatoms. The molecule has 0 spiro atoms. The normalized spacial score (nSPS) is 14.2. The van der Waals surface area contributed by atoms with Crippen molar-refractivity contribution in [1.82, 2.24) is 18.5 Å². The second-order valence-electron chi connectivity index (χ2n) is 8.82. The molecule has 1 fully saturated rings. The second-order valence-corrected chi connectivity index (χ2v) is 9.35. The lowest BCUT2D eigenvalue weighted by molar-refractivity contribution is -0.121. The SMILES string of the molecule is COc1ccc(Cn2nc(C3CCCCC3)c(Cc3ccc4nsnc4c3)c2OC=O)c(OC)c1. The molecule has 1 saturated carbocycles. The van der Waals surface area contributed by atoms with Gasteiger partial charge >= 0.3 is 0 Å². The highest BCUT2D eigenvalue weighted by atomic mass is 32.1. The Hall–Kier alpha value is -3.46. The van der Waals surface area contributed by atoms with Gasteiger partial charge in [-0.05, 0) is 42.7 Å². The average molecular weight is 493 g/mol. The lowest BCUT2D eigenvalue weighted by Gasteiger charge is -2.21. The molecule has 0 saturated heterocycles. The first-order valence-corrected chi connectivity index (χ1v) is 12.5. The molecule has 182 valence electrons. The fraction of sp³-hybridized carbons (Fsp3) is 0.385. The summed E-state index contributed by atoms with van der Waals surface area (Å²) >= 11 is 1.21. The zero-order valence-electron chi connectivity index (χ0n) is 19.9. The van der Waals surface area contributed by atoms with Crippen LogP contribution in [0.5, 0.6) is 17.4 Å². The Bertz CT molecular complexity index is 1330. The van der Waals surface area contributed by atoms with E-state index in [0.29, 0.717) is 42.7 Å². The number of ether oxygens (including phenoxy) is 3. The molecular formula is C26H28N4O4S. The molecule has 0 unspecified atom stereocenters. The first-order valence-electron chi connectivity index (χ1n) is 11.8. The van der Waals surface area contributed by atoms with Gasteiger partial charge in [0, 0.05) is 29.5 Å². The van der Waals surface area contributed by atoms with Gasteiger partial charge in [0.25, 0.3) is 6.47 Å². The highest BCUT2D eigenvalue weighted by Gasteiger charge is 2.28. The zero-order valence-corrected chi connectivity index (χ0v) is 20.7. The van der Waals surface area contributed by atoms with E-state index in [1.165, 1.54) is 31.0 Å². The maximum absolute atomic E-state index is 11.6. The molecule has 4 aromatic rings. The maximum Gasteiger partial charge on any atom is 0.299 e. The smallest absolute Gasteiger partial charge is 0.299 e. The summed E-state index contributed by atoms with van der Waals surface area (Å²) in [6.07, 6.45) is 6.40. The van der Waals surface area contributed by atoms with Crippen LogP contribution in [-0.2, 0) is 17.8 Å². The monoisotopic (exact) mass is 492 g/mol. The summed E-state index contributed by atoms with van der Waals surface area (Å²) in [5.41, 5.74) is 5.74. The van der Waals surface area contributed by atoms with Gasteiger partial charge in [-0.15, -0.1) is 0 Å². The van der Waals surface area contributed by atoms with E-state index in [0.717, 1.165) is 46.3 Å². The molecule has 2 heterocycles. The third kappa shape index (κ3) is 4.86. The van der Waals surface area contributed by atoms with Gasteiger partial charge in [0.1, 0.15) is 22.5 Å². The van der Waals surface area contributed by atoms with Crippen LogP contribution in [0.2, 0.25) is 0 Å². The lowest BCUT2D eigenvalue weighted by Crippen LogP contribution is -2.09. The van der Waals surface area contributed by atoms with Crippen LogP contribution in [0.3, 0.4) is 0 Å². The standard InChI is InChI=1S/C26H28N4O4S/c1-32-20-10-9-19(24(14-20)33-2)15-30-26(34-16-31)21(25(27-30)18-6-4-3-5-7-18)12-17-8-11-22-23(13-17)29-35-28-22/h8-11,13-14,16,18H,3-7,12,15H2,1-2H3. The number of rotatable bonds is 9. The van der Waals surface area contributed by atoms with E-state index in [2.05, 4.69) is 20.9 Å². The van der Waals surface area contributed by atoms with Crippen molar-refractivity contribution in [2.45, 2.75) is 51.0 Å². The van der Waals surface area contributed by atoms with Gasteiger partial charge in [0.05, 0.1) is 38.2 Å². The largest absolute Gasteiger partial charge is 0.497 e. The molecule has 0 radical (unpaired) electrons. The van der Waals surface area contributed by atoms with Crippen molar-refractivity contribution in [3.8, 4) is 17.4 Å². The Labute approximate surface area is 208 Å². The van der Waals surface area contributed by atoms with Gasteiger partial charge in [-0.1, -0.05) is 25.3 Å². The van der Waals surface area contributed by atoms with Crippen LogP contribution in [0.25, 0.3) is 11.0 Å². The molecular weight excluding hydrogens is 464 g/mol. The Morgan fingerprint density at radius 3 is 2.63 bits per heavy atom. The quantitative estimate of drug-likeness (QED) is 0.299. The van der Waals surface area contributed by atoms with Gasteiger partial charge in [-0.25, -0.2) is 4.68 Å². The fourth-order valence-electron chi connectivity index (χ4n) is 4.94. The van der Waals surface area contributed by atoms with Crippen molar-refractivity contribution < 1.29 is 19.0 Å². The van der Waals surface area contributed by atoms with Crippen LogP contribution in [-0.4, -0.2) is 39.2 Å². The van der Waals surface area contributed by atoms with E-state index in [1.54, 1.807) is 18.9 Å². The number of carbonyl (C=O) groups excluding carboxylic acids is 1. The molecule has 2 aromatic heterocycles. The number of nitrogens with zero attached hydrogens (tertiary/aromatic N) is 4. The number of aromatic nitrogens is 4. The molecule has 0 aliphatic heterocycles. The van der Waals surface area contributed by atoms with Crippen LogP contribution in [0.15, 0.2) is 36.4 Å². The number of hydrogen-bond donors (Lipinski definition) is 0. The van der Waals surface area contributed by atoms with E-state index in [4.69, 9.17) is 19.3 Å². The van der Waals surface area contributed by atoms with Crippen molar-refractivity contribution in [2.75, 3.05) is 14.2 Å². The second kappa shape index (κ2) is 10.4. The highest BCUT2D eigenvalue weighted by molar-refractivity contribution is 7.00. The number of fused-ring (bicyclic) bond motifs is 1. The first-order chi connectivity index (χ1) is 17.2. The van der Waals surface area contributed by atoms with E-state index < -0.39 is 0 Å². The maximum atomic E-state index is 11.6. The third-order valence-corrected chi connectivity index (χ3v) is 7.25. The van der Waals surface area contributed by atoms with Gasteiger partial charge in [0.15, 0.2) is 0 Å². The van der Waals surface area contributed by atoms with Gasteiger partial charge in [-0.2, -0.15) is 13.8 Å². The van der Waals surface area contributed by atoms with Crippen molar-refractivity contribution in [1.29, 1.82) is 0 Å². The van der Waals surface area contributed by atoms with Crippen LogP contribution in [0.1, 0.15) is 60.4 Å². The summed E-state index contributed by atoms with van der Waals surface area (Å²) in [4.78, 5) is 11.6. The molecule has 0 N–H and O–H groups in total. The Morgan fingerprint density at radius 2 is 1.86 bits per heavy atom. The van der Waals surface area contributed by atoms with E-state index in [9.17, 15) is 4.79 Å². The molecule has 2 aromatic carbocycles. The van der Waals surface area contributed by atoms with Crippen molar-refractivity contribution >= 4 is 29.2 Å². The minimum atomic E-state index is 0.344. The molecule has 35 heavy (non-hydrogen) atoms. The molecule has 5 rings (SSSR count). The Morgan fingerprint density at radius 1 is 1.03 bits per heavy atom. The van der Waals surface area contributed by atoms with Gasteiger partial charge < -0.3 is 14.2 Å². The average Bonchev–Trinajstić information content (AvgIpc) is 3.50. The zero-order chi connectivity index (χ0) is 24.2. The predicted octanol–water partition coefficient (Wildman–Crippen LogP) is 5.13. The van der Waals surface area contributed by atoms with Crippen LogP contribution in [0, 0.1) is 0 Å². The minimum absolute atomic E-state index is 0.344. The molecule has 0 bridgehead atoms. The lowest BCUT2D eigenvalue weighted by atomic mass is 9.84. The molecule has 0 atom stereocenters. The van der Waals surface area contributed by atoms with Crippen LogP contribution < -0.4 is 14.2 Å². The summed E-state index contributed by atoms with van der Waals surface area (Å²) in [5, 5.41) is 5.03. The van der Waals surface area contributed by atoms with E-state index in [1.807, 2.05) is 24.3 Å². The topological polar surface area (TPSA) is 88.4 Å². The minimum Gasteiger partial charge on any atom is -0.497 e. The summed E-state index contributed by atoms with van der Waals surface area (Å²) < 4.78 is 27.0. The van der Waals surface area contributed by atoms with Crippen LogP contribution >= 0.6 is 11.7 Å². The molecule has 8 nitrogen and oxygen atoms in total. The number of benzene rings is 2. The van der Waals surface area contributed by atoms with Crippen molar-refractivity contribution in [3.05, 3.63) is 58.8 Å². The highest BCUT2D eigenvalue weighted by Crippen LogP contribution is 2.39. The van der Waals surface area contributed by atoms with Gasteiger partial charge in [0.2, 0.25) is 5.88 Å². The summed E-state index contributed by atoms with van der Waals surface area (Å²) in [7, 11) is 3.26. The van der Waals surface area contributed by atoms with Crippen molar-refractivity contribution in [3.63, 3.8) is 0 Å². The predicted molar refractivity (Wildman–Crippen MR) is 134 cm³/mol. The number of hydrogen-bond acceptors (Lipinski definition) is 8. The summed E-state index contributed by atoms with van der Waals surface area (Å²) in [6, 6.07) is 11.8. The molecule has 1 aliphatic carbocycles. The summed E-state index contributed by atoms with van der Waals surface area (Å²) in [6.45, 7) is 0.894. The van der Waals surface area contributed by atoms with E-state index >= 15 is 0 Å². The third-order valence-electron chi connectivity index (χ3n) is 6.70. The summed E-state index contributed by atoms with van der Waals surface area (Å²) in [5.74, 6) is 2.23. The fourth-order valence-corrected chi connectivity index (χ4v) is 5.46.